The van der Waals surface area contributed by atoms with E-state index in [-0.39, 0.29) is 5.03 Å². The van der Waals surface area contributed by atoms with Gasteiger partial charge in [0.1, 0.15) is 5.83 Å². The molecule has 1 N–H and O–H groups in total. The van der Waals surface area contributed by atoms with Gasteiger partial charge in [-0.05, 0) is 48.8 Å². The van der Waals surface area contributed by atoms with Gasteiger partial charge in [0.15, 0.2) is 0 Å². The molecule has 0 bridgehead atoms. The van der Waals surface area contributed by atoms with Gasteiger partial charge >= 0.3 is 0 Å². The molecule has 0 saturated heterocycles. The quantitative estimate of drug-likeness (QED) is 0.586. The third-order valence-corrected chi connectivity index (χ3v) is 3.70. The van der Waals surface area contributed by atoms with Gasteiger partial charge < -0.3 is 5.32 Å². The van der Waals surface area contributed by atoms with Crippen molar-refractivity contribution in [3.8, 4) is 0 Å². The molecule has 0 unspecified atom stereocenters. The van der Waals surface area contributed by atoms with Gasteiger partial charge in [0.05, 0.1) is 5.03 Å². The maximum Gasteiger partial charge on any atom is 0.141 e. The van der Waals surface area contributed by atoms with Crippen LogP contribution in [-0.4, -0.2) is 6.54 Å². The molecule has 0 heterocycles. The molecule has 3 heteroatoms. The molecule has 1 fully saturated rings. The second-order valence-electron chi connectivity index (χ2n) is 6.22. The topological polar surface area (TPSA) is 12.0 Å². The summed E-state index contributed by atoms with van der Waals surface area (Å²) in [5, 5.41) is 3.58. The summed E-state index contributed by atoms with van der Waals surface area (Å²) in [6.45, 7) is 11.0. The summed E-state index contributed by atoms with van der Waals surface area (Å²) >= 11 is 5.89. The Labute approximate surface area is 127 Å². The zero-order valence-corrected chi connectivity index (χ0v) is 13.4. The van der Waals surface area contributed by atoms with Crippen molar-refractivity contribution in [1.82, 2.24) is 5.32 Å². The SMILES string of the molecule is C=C/C=C(F)/C(Cl)=C\C=C(\CC(C)C)NCC1(C)CC1. The Morgan fingerprint density at radius 2 is 2.00 bits per heavy atom. The van der Waals surface area contributed by atoms with Crippen molar-refractivity contribution in [2.24, 2.45) is 11.3 Å². The van der Waals surface area contributed by atoms with Crippen LogP contribution in [-0.2, 0) is 0 Å². The fraction of sp³-hybridized carbons (Fsp3) is 0.529. The van der Waals surface area contributed by atoms with Gasteiger partial charge in [0.25, 0.3) is 0 Å². The van der Waals surface area contributed by atoms with E-state index in [1.807, 2.05) is 6.08 Å². The second-order valence-corrected chi connectivity index (χ2v) is 6.63. The lowest BCUT2D eigenvalue weighted by molar-refractivity contribution is 0.509. The van der Waals surface area contributed by atoms with E-state index >= 15 is 0 Å². The van der Waals surface area contributed by atoms with Crippen molar-refractivity contribution in [2.45, 2.75) is 40.0 Å². The Morgan fingerprint density at radius 3 is 2.50 bits per heavy atom. The molecular formula is C17H25ClFN. The van der Waals surface area contributed by atoms with E-state index in [0.717, 1.165) is 18.7 Å². The number of rotatable bonds is 8. The first-order chi connectivity index (χ1) is 9.36. The molecule has 1 aliphatic rings. The number of allylic oxidation sites excluding steroid dienone is 7. The van der Waals surface area contributed by atoms with Crippen molar-refractivity contribution in [2.75, 3.05) is 6.54 Å². The first kappa shape index (κ1) is 17.0. The van der Waals surface area contributed by atoms with Gasteiger partial charge in [-0.3, -0.25) is 0 Å². The highest BCUT2D eigenvalue weighted by molar-refractivity contribution is 6.31. The Morgan fingerprint density at radius 1 is 1.35 bits per heavy atom. The van der Waals surface area contributed by atoms with Crippen LogP contribution in [0, 0.1) is 11.3 Å². The van der Waals surface area contributed by atoms with Gasteiger partial charge in [-0.1, -0.05) is 45.0 Å². The van der Waals surface area contributed by atoms with Gasteiger partial charge in [0, 0.05) is 12.2 Å². The Bertz CT molecular complexity index is 428. The summed E-state index contributed by atoms with van der Waals surface area (Å²) in [6, 6.07) is 0. The molecule has 0 aromatic rings. The summed E-state index contributed by atoms with van der Waals surface area (Å²) in [4.78, 5) is 0. The number of halogens is 2. The molecule has 0 atom stereocenters. The molecule has 0 aromatic carbocycles. The van der Waals surface area contributed by atoms with E-state index < -0.39 is 5.83 Å². The van der Waals surface area contributed by atoms with E-state index in [2.05, 4.69) is 32.7 Å². The van der Waals surface area contributed by atoms with Crippen LogP contribution in [0.15, 0.2) is 47.4 Å². The van der Waals surface area contributed by atoms with Gasteiger partial charge in [-0.25, -0.2) is 4.39 Å². The van der Waals surface area contributed by atoms with Crippen molar-refractivity contribution < 1.29 is 4.39 Å². The standard InChI is InChI=1S/C17H25ClFN/c1-5-6-16(19)15(18)8-7-14(11-13(2)3)20-12-17(4)9-10-17/h5-8,13,20H,1,9-12H2,2-4H3/b14-7-,15-8+,16-6-. The van der Waals surface area contributed by atoms with E-state index in [1.54, 1.807) is 6.08 Å². The smallest absolute Gasteiger partial charge is 0.141 e. The molecule has 1 rings (SSSR count). The van der Waals surface area contributed by atoms with Crippen LogP contribution in [0.1, 0.15) is 40.0 Å². The third kappa shape index (κ3) is 6.42. The van der Waals surface area contributed by atoms with Crippen LogP contribution in [0.2, 0.25) is 0 Å². The van der Waals surface area contributed by atoms with Gasteiger partial charge in [-0.15, -0.1) is 0 Å². The van der Waals surface area contributed by atoms with E-state index in [0.29, 0.717) is 11.3 Å². The molecule has 20 heavy (non-hydrogen) atoms. The maximum atomic E-state index is 13.4. The number of hydrogen-bond acceptors (Lipinski definition) is 1. The maximum absolute atomic E-state index is 13.4. The van der Waals surface area contributed by atoms with Crippen LogP contribution in [0.5, 0.6) is 0 Å². The molecular weight excluding hydrogens is 273 g/mol. The third-order valence-electron chi connectivity index (χ3n) is 3.40. The molecule has 0 spiro atoms. The van der Waals surface area contributed by atoms with Crippen molar-refractivity contribution in [3.05, 3.63) is 47.4 Å². The summed E-state index contributed by atoms with van der Waals surface area (Å²) in [7, 11) is 0. The zero-order chi connectivity index (χ0) is 15.2. The van der Waals surface area contributed by atoms with Crippen LogP contribution in [0.4, 0.5) is 4.39 Å². The van der Waals surface area contributed by atoms with Crippen LogP contribution in [0.25, 0.3) is 0 Å². The summed E-state index contributed by atoms with van der Waals surface area (Å²) in [5.74, 6) is 0.0810. The average molecular weight is 298 g/mol. The van der Waals surface area contributed by atoms with E-state index in [1.165, 1.54) is 25.0 Å². The molecule has 0 aliphatic heterocycles. The highest BCUT2D eigenvalue weighted by Gasteiger charge is 2.36. The van der Waals surface area contributed by atoms with Crippen LogP contribution >= 0.6 is 11.6 Å². The lowest BCUT2D eigenvalue weighted by atomic mass is 10.1. The molecule has 1 saturated carbocycles. The van der Waals surface area contributed by atoms with Crippen molar-refractivity contribution >= 4 is 11.6 Å². The zero-order valence-electron chi connectivity index (χ0n) is 12.7. The van der Waals surface area contributed by atoms with Gasteiger partial charge in [0.2, 0.25) is 0 Å². The molecule has 1 nitrogen and oxygen atoms in total. The minimum atomic E-state index is -0.462. The Hall–Kier alpha value is -1.02. The monoisotopic (exact) mass is 297 g/mol. The minimum Gasteiger partial charge on any atom is -0.388 e. The largest absolute Gasteiger partial charge is 0.388 e. The predicted octanol–water partition coefficient (Wildman–Crippen LogP) is 5.47. The molecule has 0 amide bonds. The lowest BCUT2D eigenvalue weighted by Crippen LogP contribution is -2.22. The van der Waals surface area contributed by atoms with Crippen LogP contribution in [0.3, 0.4) is 0 Å². The fourth-order valence-corrected chi connectivity index (χ4v) is 1.92. The summed E-state index contributed by atoms with van der Waals surface area (Å²) in [5.41, 5.74) is 1.55. The fourth-order valence-electron chi connectivity index (χ4n) is 1.79. The Kier molecular flexibility index (Phi) is 6.54. The van der Waals surface area contributed by atoms with Crippen molar-refractivity contribution in [3.63, 3.8) is 0 Å². The predicted molar refractivity (Wildman–Crippen MR) is 86.2 cm³/mol. The minimum absolute atomic E-state index is 0.102. The number of nitrogens with one attached hydrogen (secondary N) is 1. The first-order valence-electron chi connectivity index (χ1n) is 7.15. The highest BCUT2D eigenvalue weighted by Crippen LogP contribution is 2.44. The first-order valence-corrected chi connectivity index (χ1v) is 7.53. The van der Waals surface area contributed by atoms with E-state index in [4.69, 9.17) is 11.6 Å². The summed E-state index contributed by atoms with van der Waals surface area (Å²) < 4.78 is 13.4. The van der Waals surface area contributed by atoms with Crippen molar-refractivity contribution in [1.29, 1.82) is 0 Å². The molecule has 0 aromatic heterocycles. The summed E-state index contributed by atoms with van der Waals surface area (Å²) in [6.07, 6.45) is 9.62. The van der Waals surface area contributed by atoms with E-state index in [9.17, 15) is 4.39 Å². The second kappa shape index (κ2) is 7.68. The lowest BCUT2D eigenvalue weighted by Gasteiger charge is -2.16. The highest BCUT2D eigenvalue weighted by atomic mass is 35.5. The number of hydrogen-bond donors (Lipinski definition) is 1. The molecule has 1 aliphatic carbocycles. The Balaban J connectivity index is 2.70. The molecule has 0 radical (unpaired) electrons. The molecule has 112 valence electrons. The van der Waals surface area contributed by atoms with Gasteiger partial charge in [-0.2, -0.15) is 0 Å². The van der Waals surface area contributed by atoms with Crippen LogP contribution < -0.4 is 5.32 Å². The normalized spacial score (nSPS) is 19.2. The average Bonchev–Trinajstić information content (AvgIpc) is 3.10.